The molecule has 0 fully saturated rings. The van der Waals surface area contributed by atoms with Crippen LogP contribution >= 0.6 is 0 Å². The first-order valence-corrected chi connectivity index (χ1v) is 9.46. The summed E-state index contributed by atoms with van der Waals surface area (Å²) in [6.45, 7) is 9.99. The van der Waals surface area contributed by atoms with Crippen molar-refractivity contribution in [1.82, 2.24) is 4.90 Å². The molecule has 0 spiro atoms. The molecule has 0 atom stereocenters. The van der Waals surface area contributed by atoms with Gasteiger partial charge in [-0.2, -0.15) is 0 Å². The van der Waals surface area contributed by atoms with Crippen LogP contribution in [0.3, 0.4) is 0 Å². The monoisotopic (exact) mass is 371 g/mol. The lowest BCUT2D eigenvalue weighted by Gasteiger charge is -2.18. The third kappa shape index (κ3) is 7.31. The van der Waals surface area contributed by atoms with E-state index in [1.807, 2.05) is 31.2 Å². The maximum absolute atomic E-state index is 11.9. The molecule has 146 valence electrons. The van der Waals surface area contributed by atoms with E-state index >= 15 is 0 Å². The third-order valence-electron chi connectivity index (χ3n) is 4.21. The number of esters is 1. The van der Waals surface area contributed by atoms with Crippen molar-refractivity contribution in [3.8, 4) is 11.5 Å². The largest absolute Gasteiger partial charge is 0.494 e. The number of benzene rings is 2. The molecule has 2 rings (SSSR count). The number of ether oxygens (including phenoxy) is 3. The van der Waals surface area contributed by atoms with Gasteiger partial charge in [-0.1, -0.05) is 38.1 Å². The van der Waals surface area contributed by atoms with Crippen LogP contribution in [0, 0.1) is 0 Å². The van der Waals surface area contributed by atoms with Crippen LogP contribution in [0.1, 0.15) is 31.9 Å². The van der Waals surface area contributed by atoms with E-state index in [1.54, 1.807) is 12.1 Å². The minimum absolute atomic E-state index is 0.117. The summed E-state index contributed by atoms with van der Waals surface area (Å²) in [6, 6.07) is 15.3. The second-order valence-corrected chi connectivity index (χ2v) is 6.13. The molecule has 2 aromatic rings. The first-order valence-electron chi connectivity index (χ1n) is 9.46. The molecule has 0 N–H and O–H groups in total. The van der Waals surface area contributed by atoms with Gasteiger partial charge in [-0.15, -0.1) is 0 Å². The molecule has 5 heteroatoms. The summed E-state index contributed by atoms with van der Waals surface area (Å²) >= 11 is 0. The fraction of sp³-hybridized carbons (Fsp3) is 0.409. The van der Waals surface area contributed by atoms with Gasteiger partial charge in [-0.25, -0.2) is 4.79 Å². The van der Waals surface area contributed by atoms with E-state index in [0.29, 0.717) is 12.4 Å². The molecule has 0 aromatic heterocycles. The van der Waals surface area contributed by atoms with Crippen molar-refractivity contribution < 1.29 is 19.0 Å². The maximum Gasteiger partial charge on any atom is 0.344 e. The Labute approximate surface area is 161 Å². The van der Waals surface area contributed by atoms with E-state index in [9.17, 15) is 4.79 Å². The molecule has 27 heavy (non-hydrogen) atoms. The first kappa shape index (κ1) is 20.8. The van der Waals surface area contributed by atoms with Gasteiger partial charge in [0.15, 0.2) is 6.61 Å². The molecule has 0 heterocycles. The minimum atomic E-state index is -0.392. The zero-order valence-electron chi connectivity index (χ0n) is 16.4. The summed E-state index contributed by atoms with van der Waals surface area (Å²) in [7, 11) is 0. The van der Waals surface area contributed by atoms with Crippen LogP contribution in [-0.4, -0.2) is 37.2 Å². The normalized spacial score (nSPS) is 10.7. The van der Waals surface area contributed by atoms with E-state index in [2.05, 4.69) is 30.9 Å². The molecule has 0 aliphatic carbocycles. The summed E-state index contributed by atoms with van der Waals surface area (Å²) in [5, 5.41) is 0. The average Bonchev–Trinajstić information content (AvgIpc) is 2.71. The number of carbonyl (C=O) groups is 1. The Morgan fingerprint density at radius 1 is 0.815 bits per heavy atom. The highest BCUT2D eigenvalue weighted by Crippen LogP contribution is 2.17. The van der Waals surface area contributed by atoms with Crippen LogP contribution in [0.2, 0.25) is 0 Å². The molecule has 2 aromatic carbocycles. The predicted molar refractivity (Wildman–Crippen MR) is 106 cm³/mol. The van der Waals surface area contributed by atoms with E-state index < -0.39 is 5.97 Å². The molecule has 0 saturated carbocycles. The molecular formula is C22H29NO4. The van der Waals surface area contributed by atoms with Gasteiger partial charge in [0.25, 0.3) is 0 Å². The number of hydrogen-bond acceptors (Lipinski definition) is 5. The molecule has 0 saturated heterocycles. The van der Waals surface area contributed by atoms with Crippen molar-refractivity contribution in [1.29, 1.82) is 0 Å². The predicted octanol–water partition coefficient (Wildman–Crippen LogP) is 4.05. The molecule has 0 radical (unpaired) electrons. The Hall–Kier alpha value is -2.53. The highest BCUT2D eigenvalue weighted by molar-refractivity contribution is 5.71. The highest BCUT2D eigenvalue weighted by atomic mass is 16.6. The van der Waals surface area contributed by atoms with Crippen LogP contribution < -0.4 is 9.47 Å². The molecule has 5 nitrogen and oxygen atoms in total. The molecule has 0 aliphatic rings. The van der Waals surface area contributed by atoms with Crippen LogP contribution in [0.4, 0.5) is 0 Å². The Balaban J connectivity index is 1.73. The first-order chi connectivity index (χ1) is 13.1. The van der Waals surface area contributed by atoms with Crippen LogP contribution in [0.15, 0.2) is 48.5 Å². The molecule has 0 amide bonds. The summed E-state index contributed by atoms with van der Waals surface area (Å²) < 4.78 is 16.1. The summed E-state index contributed by atoms with van der Waals surface area (Å²) in [5.41, 5.74) is 2.22. The number of carbonyl (C=O) groups excluding carboxylic acids is 1. The summed E-state index contributed by atoms with van der Waals surface area (Å²) in [5.74, 6) is 0.990. The SMILES string of the molecule is CCOc1ccc(OCC(=O)OCc2ccc(CN(CC)CC)cc2)cc1. The molecular weight excluding hydrogens is 342 g/mol. The van der Waals surface area contributed by atoms with Crippen molar-refractivity contribution in [3.05, 3.63) is 59.7 Å². The van der Waals surface area contributed by atoms with Crippen molar-refractivity contribution >= 4 is 5.97 Å². The number of hydrogen-bond donors (Lipinski definition) is 0. The van der Waals surface area contributed by atoms with E-state index in [-0.39, 0.29) is 13.2 Å². The second-order valence-electron chi connectivity index (χ2n) is 6.13. The number of rotatable bonds is 11. The topological polar surface area (TPSA) is 48.0 Å². The average molecular weight is 371 g/mol. The lowest BCUT2D eigenvalue weighted by atomic mass is 10.1. The van der Waals surface area contributed by atoms with Crippen LogP contribution in [0.25, 0.3) is 0 Å². The maximum atomic E-state index is 11.9. The molecule has 0 aliphatic heterocycles. The lowest BCUT2D eigenvalue weighted by molar-refractivity contribution is -0.147. The molecule has 0 bridgehead atoms. The van der Waals surface area contributed by atoms with Crippen molar-refractivity contribution in [3.63, 3.8) is 0 Å². The minimum Gasteiger partial charge on any atom is -0.494 e. The fourth-order valence-corrected chi connectivity index (χ4v) is 2.59. The number of nitrogens with zero attached hydrogens (tertiary/aromatic N) is 1. The quantitative estimate of drug-likeness (QED) is 0.558. The fourth-order valence-electron chi connectivity index (χ4n) is 2.59. The van der Waals surface area contributed by atoms with Gasteiger partial charge in [0, 0.05) is 6.54 Å². The van der Waals surface area contributed by atoms with Gasteiger partial charge < -0.3 is 14.2 Å². The Kier molecular flexibility index (Phi) is 8.65. The van der Waals surface area contributed by atoms with Crippen LogP contribution in [0.5, 0.6) is 11.5 Å². The van der Waals surface area contributed by atoms with Gasteiger partial charge in [-0.05, 0) is 55.4 Å². The van der Waals surface area contributed by atoms with E-state index in [1.165, 1.54) is 5.56 Å². The summed E-state index contributed by atoms with van der Waals surface area (Å²) in [6.07, 6.45) is 0. The van der Waals surface area contributed by atoms with Crippen molar-refractivity contribution in [2.24, 2.45) is 0 Å². The summed E-state index contributed by atoms with van der Waals surface area (Å²) in [4.78, 5) is 14.2. The van der Waals surface area contributed by atoms with Crippen molar-refractivity contribution in [2.75, 3.05) is 26.3 Å². The highest BCUT2D eigenvalue weighted by Gasteiger charge is 2.06. The second kappa shape index (κ2) is 11.2. The Bertz CT molecular complexity index is 678. The third-order valence-corrected chi connectivity index (χ3v) is 4.21. The smallest absolute Gasteiger partial charge is 0.344 e. The van der Waals surface area contributed by atoms with Crippen LogP contribution in [-0.2, 0) is 22.7 Å². The van der Waals surface area contributed by atoms with Gasteiger partial charge >= 0.3 is 5.97 Å². The van der Waals surface area contributed by atoms with Gasteiger partial charge in [0.05, 0.1) is 6.61 Å². The Morgan fingerprint density at radius 3 is 1.93 bits per heavy atom. The zero-order chi connectivity index (χ0) is 19.5. The Morgan fingerprint density at radius 2 is 1.37 bits per heavy atom. The van der Waals surface area contributed by atoms with Gasteiger partial charge in [0.2, 0.25) is 0 Å². The van der Waals surface area contributed by atoms with E-state index in [4.69, 9.17) is 14.2 Å². The van der Waals surface area contributed by atoms with Gasteiger partial charge in [-0.3, -0.25) is 4.90 Å². The van der Waals surface area contributed by atoms with E-state index in [0.717, 1.165) is 30.9 Å². The van der Waals surface area contributed by atoms with Gasteiger partial charge in [0.1, 0.15) is 18.1 Å². The molecule has 0 unspecified atom stereocenters. The standard InChI is InChI=1S/C22H29NO4/c1-4-23(5-2)15-18-7-9-19(10-8-18)16-27-22(24)17-26-21-13-11-20(12-14-21)25-6-3/h7-14H,4-6,15-17H2,1-3H3. The lowest BCUT2D eigenvalue weighted by Crippen LogP contribution is -2.22. The van der Waals surface area contributed by atoms with Crippen molar-refractivity contribution in [2.45, 2.75) is 33.9 Å². The zero-order valence-corrected chi connectivity index (χ0v) is 16.4.